The summed E-state index contributed by atoms with van der Waals surface area (Å²) >= 11 is 4.63. The maximum absolute atomic E-state index is 12.6. The number of rotatable bonds is 7. The van der Waals surface area contributed by atoms with E-state index in [0.717, 1.165) is 4.47 Å². The minimum Gasteiger partial charge on any atom is -0.383 e. The number of carbonyl (C=O) groups is 1. The van der Waals surface area contributed by atoms with Crippen molar-refractivity contribution in [2.75, 3.05) is 26.0 Å². The van der Waals surface area contributed by atoms with E-state index in [4.69, 9.17) is 4.74 Å². The molecule has 0 spiro atoms. The predicted octanol–water partition coefficient (Wildman–Crippen LogP) is 2.03. The zero-order valence-electron chi connectivity index (χ0n) is 13.0. The molecule has 23 heavy (non-hydrogen) atoms. The Balaban J connectivity index is 2.21. The van der Waals surface area contributed by atoms with Crippen LogP contribution in [0.2, 0.25) is 0 Å². The summed E-state index contributed by atoms with van der Waals surface area (Å²) < 4.78 is 7.30. The van der Waals surface area contributed by atoms with Gasteiger partial charge in [-0.2, -0.15) is 0 Å². The average Bonchev–Trinajstić information content (AvgIpc) is 2.54. The molecular formula is C15H18BrN3O3S. The third-order valence-corrected chi connectivity index (χ3v) is 4.63. The van der Waals surface area contributed by atoms with Gasteiger partial charge in [0.15, 0.2) is 5.16 Å². The van der Waals surface area contributed by atoms with Crippen LogP contribution in [0.4, 0.5) is 0 Å². The largest absolute Gasteiger partial charge is 0.383 e. The van der Waals surface area contributed by atoms with E-state index in [1.165, 1.54) is 11.8 Å². The summed E-state index contributed by atoms with van der Waals surface area (Å²) in [5.41, 5.74) is 0.534. The molecule has 0 saturated heterocycles. The summed E-state index contributed by atoms with van der Waals surface area (Å²) in [7, 11) is 1.58. The molecule has 8 heteroatoms. The number of halogens is 1. The molecule has 0 aliphatic rings. The Morgan fingerprint density at radius 1 is 1.48 bits per heavy atom. The number of methoxy groups -OCH3 is 1. The molecule has 0 fully saturated rings. The average molecular weight is 400 g/mol. The lowest BCUT2D eigenvalue weighted by molar-refractivity contribution is -0.118. The number of hydrogen-bond donors (Lipinski definition) is 1. The Morgan fingerprint density at radius 3 is 2.96 bits per heavy atom. The van der Waals surface area contributed by atoms with Crippen LogP contribution in [0.3, 0.4) is 0 Å². The maximum atomic E-state index is 12.6. The van der Waals surface area contributed by atoms with E-state index < -0.39 is 0 Å². The molecule has 0 radical (unpaired) electrons. The number of nitrogens with one attached hydrogen (secondary N) is 1. The van der Waals surface area contributed by atoms with E-state index in [-0.39, 0.29) is 17.2 Å². The first-order valence-corrected chi connectivity index (χ1v) is 8.93. The van der Waals surface area contributed by atoms with Crippen molar-refractivity contribution in [3.8, 4) is 0 Å². The smallest absolute Gasteiger partial charge is 0.262 e. The normalized spacial score (nSPS) is 10.9. The fourth-order valence-corrected chi connectivity index (χ4v) is 3.29. The Hall–Kier alpha value is -1.38. The molecule has 0 unspecified atom stereocenters. The molecule has 1 N–H and O–H groups in total. The number of carbonyl (C=O) groups excluding carboxylic acids is 1. The van der Waals surface area contributed by atoms with E-state index >= 15 is 0 Å². The van der Waals surface area contributed by atoms with E-state index in [1.54, 1.807) is 23.8 Å². The van der Waals surface area contributed by atoms with Crippen molar-refractivity contribution in [3.05, 3.63) is 33.0 Å². The second-order valence-electron chi connectivity index (χ2n) is 4.74. The van der Waals surface area contributed by atoms with Crippen LogP contribution < -0.4 is 10.9 Å². The topological polar surface area (TPSA) is 73.2 Å². The van der Waals surface area contributed by atoms with Crippen molar-refractivity contribution in [2.45, 2.75) is 18.6 Å². The van der Waals surface area contributed by atoms with Gasteiger partial charge >= 0.3 is 0 Å². The molecule has 2 aromatic rings. The van der Waals surface area contributed by atoms with Crippen LogP contribution in [0.15, 0.2) is 32.6 Å². The van der Waals surface area contributed by atoms with Gasteiger partial charge in [-0.1, -0.05) is 27.7 Å². The third kappa shape index (κ3) is 4.55. The monoisotopic (exact) mass is 399 g/mol. The summed E-state index contributed by atoms with van der Waals surface area (Å²) in [6, 6.07) is 5.41. The highest BCUT2D eigenvalue weighted by molar-refractivity contribution is 9.10. The Labute approximate surface area is 146 Å². The molecule has 124 valence electrons. The second kappa shape index (κ2) is 8.47. The number of aromatic nitrogens is 2. The molecule has 0 saturated carbocycles. The first-order chi connectivity index (χ1) is 11.1. The number of ether oxygens (including phenoxy) is 1. The van der Waals surface area contributed by atoms with Gasteiger partial charge in [0.1, 0.15) is 0 Å². The Kier molecular flexibility index (Phi) is 6.61. The lowest BCUT2D eigenvalue weighted by atomic mass is 10.2. The van der Waals surface area contributed by atoms with Gasteiger partial charge < -0.3 is 10.1 Å². The molecule has 2 rings (SSSR count). The van der Waals surface area contributed by atoms with Crippen molar-refractivity contribution >= 4 is 44.5 Å². The number of amides is 1. The first-order valence-electron chi connectivity index (χ1n) is 7.15. The zero-order valence-corrected chi connectivity index (χ0v) is 15.4. The summed E-state index contributed by atoms with van der Waals surface area (Å²) in [5, 5.41) is 3.86. The number of nitrogens with zero attached hydrogens (tertiary/aromatic N) is 2. The lowest BCUT2D eigenvalue weighted by Crippen LogP contribution is -2.29. The van der Waals surface area contributed by atoms with E-state index in [1.807, 2.05) is 13.0 Å². The van der Waals surface area contributed by atoms with Crippen molar-refractivity contribution in [1.29, 1.82) is 0 Å². The van der Waals surface area contributed by atoms with Gasteiger partial charge in [-0.15, -0.1) is 0 Å². The Bertz CT molecular complexity index is 763. The zero-order chi connectivity index (χ0) is 16.8. The molecule has 0 aliphatic carbocycles. The van der Waals surface area contributed by atoms with Crippen LogP contribution in [0.5, 0.6) is 0 Å². The number of benzene rings is 1. The number of thioether (sulfide) groups is 1. The summed E-state index contributed by atoms with van der Waals surface area (Å²) in [6.45, 7) is 3.33. The third-order valence-electron chi connectivity index (χ3n) is 3.16. The first kappa shape index (κ1) is 18.0. The highest BCUT2D eigenvalue weighted by atomic mass is 79.9. The molecule has 1 amide bonds. The van der Waals surface area contributed by atoms with Crippen LogP contribution >= 0.6 is 27.7 Å². The van der Waals surface area contributed by atoms with Crippen LogP contribution in [-0.2, 0) is 16.1 Å². The fraction of sp³-hybridized carbons (Fsp3) is 0.400. The van der Waals surface area contributed by atoms with Gasteiger partial charge in [0.2, 0.25) is 5.91 Å². The molecular weight excluding hydrogens is 382 g/mol. The van der Waals surface area contributed by atoms with E-state index in [9.17, 15) is 9.59 Å². The number of fused-ring (bicyclic) bond motifs is 1. The van der Waals surface area contributed by atoms with Crippen molar-refractivity contribution in [1.82, 2.24) is 14.9 Å². The summed E-state index contributed by atoms with van der Waals surface area (Å²) in [5.74, 6) is 0.0953. The molecule has 6 nitrogen and oxygen atoms in total. The van der Waals surface area contributed by atoms with Crippen LogP contribution in [0.1, 0.15) is 6.92 Å². The highest BCUT2D eigenvalue weighted by Gasteiger charge is 2.12. The second-order valence-corrected chi connectivity index (χ2v) is 6.59. The van der Waals surface area contributed by atoms with E-state index in [0.29, 0.717) is 35.8 Å². The molecule has 0 bridgehead atoms. The van der Waals surface area contributed by atoms with Gasteiger partial charge in [-0.05, 0) is 25.1 Å². The van der Waals surface area contributed by atoms with Gasteiger partial charge in [-0.3, -0.25) is 14.2 Å². The molecule has 1 aromatic carbocycles. The van der Waals surface area contributed by atoms with Crippen molar-refractivity contribution in [2.24, 2.45) is 0 Å². The highest BCUT2D eigenvalue weighted by Crippen LogP contribution is 2.20. The van der Waals surface area contributed by atoms with Crippen LogP contribution in [0, 0.1) is 0 Å². The predicted molar refractivity (Wildman–Crippen MR) is 95.0 cm³/mol. The minimum atomic E-state index is -0.111. The molecule has 0 atom stereocenters. The number of hydrogen-bond acceptors (Lipinski definition) is 5. The SMILES string of the molecule is CCn1c(SCC(=O)NCCOC)nc2ccc(Br)cc2c1=O. The van der Waals surface area contributed by atoms with Crippen LogP contribution in [-0.4, -0.2) is 41.5 Å². The molecule has 1 heterocycles. The standard InChI is InChI=1S/C15H18BrN3O3S/c1-3-19-14(21)11-8-10(16)4-5-12(11)18-15(19)23-9-13(20)17-6-7-22-2/h4-5,8H,3,6-7,9H2,1-2H3,(H,17,20). The van der Waals surface area contributed by atoms with Gasteiger partial charge in [0, 0.05) is 24.7 Å². The Morgan fingerprint density at radius 2 is 2.26 bits per heavy atom. The van der Waals surface area contributed by atoms with Gasteiger partial charge in [0.05, 0.1) is 23.3 Å². The summed E-state index contributed by atoms with van der Waals surface area (Å²) in [6.07, 6.45) is 0. The fourth-order valence-electron chi connectivity index (χ4n) is 2.04. The molecule has 1 aromatic heterocycles. The quantitative estimate of drug-likeness (QED) is 0.438. The lowest BCUT2D eigenvalue weighted by Gasteiger charge is -2.11. The van der Waals surface area contributed by atoms with Crippen LogP contribution in [0.25, 0.3) is 10.9 Å². The van der Waals surface area contributed by atoms with Crippen molar-refractivity contribution in [3.63, 3.8) is 0 Å². The van der Waals surface area contributed by atoms with E-state index in [2.05, 4.69) is 26.2 Å². The van der Waals surface area contributed by atoms with Crippen molar-refractivity contribution < 1.29 is 9.53 Å². The molecule has 0 aliphatic heterocycles. The van der Waals surface area contributed by atoms with Gasteiger partial charge in [-0.25, -0.2) is 4.98 Å². The minimum absolute atomic E-state index is 0.0962. The maximum Gasteiger partial charge on any atom is 0.262 e. The van der Waals surface area contributed by atoms with Gasteiger partial charge in [0.25, 0.3) is 5.56 Å². The summed E-state index contributed by atoms with van der Waals surface area (Å²) in [4.78, 5) is 28.9.